The molecule has 1 heterocycles. The highest BCUT2D eigenvalue weighted by Crippen LogP contribution is 2.32. The van der Waals surface area contributed by atoms with Gasteiger partial charge in [0.2, 0.25) is 5.91 Å². The van der Waals surface area contributed by atoms with Gasteiger partial charge in [-0.2, -0.15) is 0 Å². The third-order valence-corrected chi connectivity index (χ3v) is 6.64. The standard InChI is InChI=1S/C29H46N4O2/c1-10-23(8)33(19-27(34)32(17-20(2)3)18-24-13-12-16-31(24)9)29(35)30-28-25(21(4)5)14-11-15-26(28)22(6)7/h11-16,20-23H,10,17-19H2,1-9H3,(H,30,35). The van der Waals surface area contributed by atoms with Gasteiger partial charge in [0, 0.05) is 37.2 Å². The zero-order chi connectivity index (χ0) is 26.3. The fourth-order valence-electron chi connectivity index (χ4n) is 4.32. The molecule has 6 nitrogen and oxygen atoms in total. The Morgan fingerprint density at radius 1 is 0.943 bits per heavy atom. The second-order valence-electron chi connectivity index (χ2n) is 10.7. The van der Waals surface area contributed by atoms with Gasteiger partial charge in [-0.1, -0.05) is 66.7 Å². The molecule has 0 saturated carbocycles. The van der Waals surface area contributed by atoms with Gasteiger partial charge < -0.3 is 19.7 Å². The molecule has 0 fully saturated rings. The summed E-state index contributed by atoms with van der Waals surface area (Å²) in [5.41, 5.74) is 4.19. The third-order valence-electron chi connectivity index (χ3n) is 6.64. The summed E-state index contributed by atoms with van der Waals surface area (Å²) in [6.07, 6.45) is 2.76. The lowest BCUT2D eigenvalue weighted by Gasteiger charge is -2.33. The number of benzene rings is 1. The number of para-hydroxylation sites is 1. The van der Waals surface area contributed by atoms with E-state index in [2.05, 4.69) is 65.1 Å². The van der Waals surface area contributed by atoms with Crippen LogP contribution in [0.15, 0.2) is 36.5 Å². The van der Waals surface area contributed by atoms with Gasteiger partial charge in [-0.05, 0) is 54.4 Å². The lowest BCUT2D eigenvalue weighted by atomic mass is 9.92. The van der Waals surface area contributed by atoms with Gasteiger partial charge in [-0.3, -0.25) is 4.79 Å². The lowest BCUT2D eigenvalue weighted by molar-refractivity contribution is -0.133. The summed E-state index contributed by atoms with van der Waals surface area (Å²) in [5.74, 6) is 0.845. The van der Waals surface area contributed by atoms with E-state index in [0.717, 1.165) is 28.9 Å². The SMILES string of the molecule is CCC(C)N(CC(=O)N(Cc1cccn1C)CC(C)C)C(=O)Nc1c(C(C)C)cccc1C(C)C. The van der Waals surface area contributed by atoms with Crippen molar-refractivity contribution in [1.82, 2.24) is 14.4 Å². The zero-order valence-electron chi connectivity index (χ0n) is 23.3. The molecule has 0 bridgehead atoms. The van der Waals surface area contributed by atoms with E-state index in [-0.39, 0.29) is 36.4 Å². The Hall–Kier alpha value is -2.76. The number of hydrogen-bond acceptors (Lipinski definition) is 2. The number of nitrogens with zero attached hydrogens (tertiary/aromatic N) is 3. The molecule has 0 radical (unpaired) electrons. The van der Waals surface area contributed by atoms with Crippen molar-refractivity contribution in [2.75, 3.05) is 18.4 Å². The number of rotatable bonds is 11. The highest BCUT2D eigenvalue weighted by Gasteiger charge is 2.27. The first kappa shape index (κ1) is 28.5. The first-order valence-electron chi connectivity index (χ1n) is 13.0. The number of anilines is 1. The number of urea groups is 1. The van der Waals surface area contributed by atoms with Gasteiger partial charge in [-0.25, -0.2) is 4.79 Å². The number of carbonyl (C=O) groups is 2. The molecule has 35 heavy (non-hydrogen) atoms. The molecule has 194 valence electrons. The van der Waals surface area contributed by atoms with E-state index in [1.165, 1.54) is 0 Å². The van der Waals surface area contributed by atoms with Crippen molar-refractivity contribution in [3.63, 3.8) is 0 Å². The second kappa shape index (κ2) is 12.8. The highest BCUT2D eigenvalue weighted by molar-refractivity contribution is 5.94. The van der Waals surface area contributed by atoms with E-state index in [1.807, 2.05) is 48.7 Å². The minimum atomic E-state index is -0.217. The topological polar surface area (TPSA) is 57.6 Å². The Morgan fingerprint density at radius 2 is 1.54 bits per heavy atom. The maximum absolute atomic E-state index is 13.7. The minimum absolute atomic E-state index is 0.0309. The predicted octanol–water partition coefficient (Wildman–Crippen LogP) is 6.59. The molecule has 6 heteroatoms. The Balaban J connectivity index is 2.32. The molecule has 3 amide bonds. The Labute approximate surface area is 212 Å². The second-order valence-corrected chi connectivity index (χ2v) is 10.7. The number of aromatic nitrogens is 1. The molecule has 1 aromatic carbocycles. The molecule has 0 aliphatic carbocycles. The molecule has 1 aromatic heterocycles. The first-order chi connectivity index (χ1) is 16.5. The number of hydrogen-bond donors (Lipinski definition) is 1. The summed E-state index contributed by atoms with van der Waals surface area (Å²) >= 11 is 0. The van der Waals surface area contributed by atoms with Crippen LogP contribution in [0, 0.1) is 5.92 Å². The fraction of sp³-hybridized carbons (Fsp3) is 0.586. The smallest absolute Gasteiger partial charge is 0.322 e. The Morgan fingerprint density at radius 3 is 2.00 bits per heavy atom. The average Bonchev–Trinajstić information content (AvgIpc) is 3.19. The van der Waals surface area contributed by atoms with E-state index >= 15 is 0 Å². The quantitative estimate of drug-likeness (QED) is 0.393. The Kier molecular flexibility index (Phi) is 10.4. The zero-order valence-corrected chi connectivity index (χ0v) is 23.3. The highest BCUT2D eigenvalue weighted by atomic mass is 16.2. The first-order valence-corrected chi connectivity index (χ1v) is 13.0. The molecule has 2 rings (SSSR count). The molecular weight excluding hydrogens is 436 g/mol. The van der Waals surface area contributed by atoms with Crippen molar-refractivity contribution in [3.8, 4) is 0 Å². The average molecular weight is 483 g/mol. The van der Waals surface area contributed by atoms with Crippen molar-refractivity contribution in [2.24, 2.45) is 13.0 Å². The van der Waals surface area contributed by atoms with Gasteiger partial charge in [0.1, 0.15) is 6.54 Å². The molecule has 0 spiro atoms. The van der Waals surface area contributed by atoms with Gasteiger partial charge >= 0.3 is 6.03 Å². The molecule has 1 unspecified atom stereocenters. The van der Waals surface area contributed by atoms with Gasteiger partial charge in [-0.15, -0.1) is 0 Å². The molecule has 0 aliphatic heterocycles. The maximum atomic E-state index is 13.7. The fourth-order valence-corrected chi connectivity index (χ4v) is 4.32. The molecule has 0 aliphatic rings. The van der Waals surface area contributed by atoms with E-state index in [1.54, 1.807) is 4.90 Å². The molecule has 0 saturated heterocycles. The van der Waals surface area contributed by atoms with Crippen LogP contribution < -0.4 is 5.32 Å². The number of nitrogens with one attached hydrogen (secondary N) is 1. The van der Waals surface area contributed by atoms with E-state index in [4.69, 9.17) is 0 Å². The molecule has 2 aromatic rings. The number of amides is 3. The van der Waals surface area contributed by atoms with E-state index in [9.17, 15) is 9.59 Å². The van der Waals surface area contributed by atoms with Gasteiger partial charge in [0.05, 0.1) is 6.54 Å². The normalized spacial score (nSPS) is 12.3. The summed E-state index contributed by atoms with van der Waals surface area (Å²) in [5, 5.41) is 3.21. The summed E-state index contributed by atoms with van der Waals surface area (Å²) < 4.78 is 2.04. The number of aryl methyl sites for hydroxylation is 1. The van der Waals surface area contributed by atoms with Gasteiger partial charge in [0.15, 0.2) is 0 Å². The van der Waals surface area contributed by atoms with Crippen LogP contribution in [-0.4, -0.2) is 45.4 Å². The van der Waals surface area contributed by atoms with Crippen molar-refractivity contribution >= 4 is 17.6 Å². The van der Waals surface area contributed by atoms with Crippen molar-refractivity contribution in [3.05, 3.63) is 53.3 Å². The van der Waals surface area contributed by atoms with Crippen LogP contribution in [0.5, 0.6) is 0 Å². The van der Waals surface area contributed by atoms with E-state index in [0.29, 0.717) is 19.0 Å². The summed E-state index contributed by atoms with van der Waals surface area (Å²) in [6.45, 7) is 18.1. The molecule has 1 N–H and O–H groups in total. The van der Waals surface area contributed by atoms with Crippen LogP contribution in [-0.2, 0) is 18.4 Å². The molecule has 1 atom stereocenters. The van der Waals surface area contributed by atoms with Crippen LogP contribution in [0.3, 0.4) is 0 Å². The Bertz CT molecular complexity index is 951. The maximum Gasteiger partial charge on any atom is 0.322 e. The van der Waals surface area contributed by atoms with Crippen LogP contribution in [0.25, 0.3) is 0 Å². The predicted molar refractivity (Wildman–Crippen MR) is 146 cm³/mol. The van der Waals surface area contributed by atoms with Crippen molar-refractivity contribution in [2.45, 2.75) is 86.2 Å². The van der Waals surface area contributed by atoms with Crippen LogP contribution in [0.4, 0.5) is 10.5 Å². The van der Waals surface area contributed by atoms with Crippen molar-refractivity contribution in [1.29, 1.82) is 0 Å². The van der Waals surface area contributed by atoms with Crippen LogP contribution >= 0.6 is 0 Å². The van der Waals surface area contributed by atoms with E-state index < -0.39 is 0 Å². The summed E-state index contributed by atoms with van der Waals surface area (Å²) in [4.78, 5) is 30.8. The minimum Gasteiger partial charge on any atom is -0.353 e. The van der Waals surface area contributed by atoms with Crippen LogP contribution in [0.1, 0.15) is 90.5 Å². The van der Waals surface area contributed by atoms with Crippen LogP contribution in [0.2, 0.25) is 0 Å². The number of carbonyl (C=O) groups excluding carboxylic acids is 2. The molecular formula is C29H46N4O2. The summed E-state index contributed by atoms with van der Waals surface area (Å²) in [6, 6.07) is 9.96. The third kappa shape index (κ3) is 7.61. The largest absolute Gasteiger partial charge is 0.353 e. The van der Waals surface area contributed by atoms with Crippen molar-refractivity contribution < 1.29 is 9.59 Å². The monoisotopic (exact) mass is 482 g/mol. The summed E-state index contributed by atoms with van der Waals surface area (Å²) in [7, 11) is 1.99. The van der Waals surface area contributed by atoms with Gasteiger partial charge in [0.25, 0.3) is 0 Å². The lowest BCUT2D eigenvalue weighted by Crippen LogP contribution is -2.48.